The molecule has 1 aliphatic rings. The number of halogens is 3. The first-order chi connectivity index (χ1) is 16.1. The molecule has 0 spiro atoms. The fourth-order valence-corrected chi connectivity index (χ4v) is 3.96. The number of amides is 2. The lowest BCUT2D eigenvalue weighted by atomic mass is 10.1. The number of piperazine rings is 1. The summed E-state index contributed by atoms with van der Waals surface area (Å²) in [4.78, 5) is 28.8. The highest BCUT2D eigenvalue weighted by Crippen LogP contribution is 2.29. The predicted octanol–water partition coefficient (Wildman–Crippen LogP) is 3.92. The zero-order valence-corrected chi connectivity index (χ0v) is 19.1. The average molecular weight is 490 g/mol. The second-order valence-corrected chi connectivity index (χ2v) is 8.44. The van der Waals surface area contributed by atoms with Crippen molar-refractivity contribution in [3.8, 4) is 11.4 Å². The number of hydrogen-bond acceptors (Lipinski definition) is 4. The minimum absolute atomic E-state index is 0.00535. The molecule has 11 heteroatoms. The van der Waals surface area contributed by atoms with E-state index in [1.54, 1.807) is 9.47 Å². The molecule has 2 heterocycles. The Labute approximate surface area is 198 Å². The highest BCUT2D eigenvalue weighted by Gasteiger charge is 2.31. The number of alkyl halides is 3. The van der Waals surface area contributed by atoms with Gasteiger partial charge in [0.1, 0.15) is 6.54 Å². The lowest BCUT2D eigenvalue weighted by Crippen LogP contribution is -2.51. The number of benzene rings is 2. The van der Waals surface area contributed by atoms with Crippen LogP contribution in [0.2, 0.25) is 0 Å². The van der Waals surface area contributed by atoms with Crippen LogP contribution >= 0.6 is 12.2 Å². The molecule has 7 nitrogen and oxygen atoms in total. The number of carbonyl (C=O) groups excluding carboxylic acids is 2. The maximum Gasteiger partial charge on any atom is 0.416 e. The molecule has 0 aliphatic carbocycles. The van der Waals surface area contributed by atoms with Gasteiger partial charge in [0.25, 0.3) is 5.91 Å². The van der Waals surface area contributed by atoms with E-state index < -0.39 is 11.7 Å². The van der Waals surface area contributed by atoms with E-state index >= 15 is 0 Å². The van der Waals surface area contributed by atoms with Gasteiger partial charge in [-0.1, -0.05) is 29.8 Å². The summed E-state index contributed by atoms with van der Waals surface area (Å²) in [5.41, 5.74) is 1.31. The van der Waals surface area contributed by atoms with Crippen molar-refractivity contribution in [3.63, 3.8) is 0 Å². The summed E-state index contributed by atoms with van der Waals surface area (Å²) in [6, 6.07) is 11.9. The third-order valence-corrected chi connectivity index (χ3v) is 6.05. The summed E-state index contributed by atoms with van der Waals surface area (Å²) in [5, 5.41) is 6.99. The third-order valence-electron chi connectivity index (χ3n) is 5.74. The Morgan fingerprint density at radius 1 is 0.971 bits per heavy atom. The Morgan fingerprint density at radius 3 is 2.15 bits per heavy atom. The van der Waals surface area contributed by atoms with Gasteiger partial charge in [-0.15, -0.1) is 0 Å². The van der Waals surface area contributed by atoms with Crippen LogP contribution in [-0.4, -0.2) is 62.6 Å². The van der Waals surface area contributed by atoms with Crippen LogP contribution in [0.15, 0.2) is 48.5 Å². The number of nitrogens with zero attached hydrogens (tertiary/aromatic N) is 4. The molecule has 1 aliphatic heterocycles. The van der Waals surface area contributed by atoms with Crippen LogP contribution < -0.4 is 0 Å². The summed E-state index contributed by atoms with van der Waals surface area (Å²) >= 11 is 5.31. The number of hydrogen-bond donors (Lipinski definition) is 1. The van der Waals surface area contributed by atoms with Crippen LogP contribution in [-0.2, 0) is 17.5 Å². The van der Waals surface area contributed by atoms with Gasteiger partial charge in [-0.25, -0.2) is 0 Å². The number of carbonyl (C=O) groups is 2. The van der Waals surface area contributed by atoms with Crippen molar-refractivity contribution in [3.05, 3.63) is 70.0 Å². The minimum atomic E-state index is -4.45. The Hall–Kier alpha value is -3.47. The molecule has 34 heavy (non-hydrogen) atoms. The molecular formula is C23H22F3N5O2S. The second-order valence-electron chi connectivity index (χ2n) is 8.05. The lowest BCUT2D eigenvalue weighted by molar-refractivity contribution is -0.137. The van der Waals surface area contributed by atoms with Crippen molar-refractivity contribution in [2.24, 2.45) is 0 Å². The van der Waals surface area contributed by atoms with Gasteiger partial charge in [-0.05, 0) is 43.4 Å². The summed E-state index contributed by atoms with van der Waals surface area (Å²) in [6.45, 7) is 3.19. The van der Waals surface area contributed by atoms with E-state index in [4.69, 9.17) is 12.2 Å². The van der Waals surface area contributed by atoms with Crippen molar-refractivity contribution in [2.45, 2.75) is 19.6 Å². The first-order valence-electron chi connectivity index (χ1n) is 10.6. The fraction of sp³-hybridized carbons (Fsp3) is 0.304. The van der Waals surface area contributed by atoms with Crippen molar-refractivity contribution >= 4 is 24.0 Å². The largest absolute Gasteiger partial charge is 0.416 e. The molecule has 0 saturated carbocycles. The molecule has 1 N–H and O–H groups in total. The Kier molecular flexibility index (Phi) is 6.56. The molecule has 0 radical (unpaired) electrons. The molecule has 4 rings (SSSR count). The lowest BCUT2D eigenvalue weighted by Gasteiger charge is -2.35. The summed E-state index contributed by atoms with van der Waals surface area (Å²) in [7, 11) is 0. The molecule has 2 aromatic carbocycles. The maximum atomic E-state index is 12.9. The van der Waals surface area contributed by atoms with Gasteiger partial charge in [0.05, 0.1) is 5.56 Å². The summed E-state index contributed by atoms with van der Waals surface area (Å²) < 4.78 is 40.2. The van der Waals surface area contributed by atoms with Crippen molar-refractivity contribution in [1.82, 2.24) is 24.6 Å². The molecule has 178 valence electrons. The topological polar surface area (TPSA) is 74.2 Å². The van der Waals surface area contributed by atoms with Gasteiger partial charge in [0.2, 0.25) is 5.91 Å². The molecular weight excluding hydrogens is 467 g/mol. The zero-order valence-electron chi connectivity index (χ0n) is 18.3. The van der Waals surface area contributed by atoms with Crippen molar-refractivity contribution in [2.75, 3.05) is 26.2 Å². The second kappa shape index (κ2) is 9.41. The van der Waals surface area contributed by atoms with E-state index in [1.807, 2.05) is 31.2 Å². The fourth-order valence-electron chi connectivity index (χ4n) is 3.77. The average Bonchev–Trinajstić information content (AvgIpc) is 3.18. The van der Waals surface area contributed by atoms with E-state index in [2.05, 4.69) is 10.2 Å². The molecule has 0 atom stereocenters. The van der Waals surface area contributed by atoms with E-state index in [0.29, 0.717) is 23.7 Å². The molecule has 3 aromatic rings. The first kappa shape index (κ1) is 23.7. The number of nitrogens with one attached hydrogen (secondary N) is 1. The van der Waals surface area contributed by atoms with Crippen molar-refractivity contribution in [1.29, 1.82) is 0 Å². The summed E-state index contributed by atoms with van der Waals surface area (Å²) in [5.74, 6) is 0.0430. The van der Waals surface area contributed by atoms with Crippen molar-refractivity contribution < 1.29 is 22.8 Å². The van der Waals surface area contributed by atoms with Crippen LogP contribution in [0.3, 0.4) is 0 Å². The van der Waals surface area contributed by atoms with E-state index in [1.165, 1.54) is 17.0 Å². The standard InChI is InChI=1S/C23H22F3N5O2S/c1-15-2-4-16(5-3-15)20-27-28-22(34)31(20)14-19(32)29-10-12-30(13-11-29)21(33)17-6-8-18(9-7-17)23(24,25)26/h2-9H,10-14H2,1H3,(H,28,34). The van der Waals surface area contributed by atoms with Gasteiger partial charge < -0.3 is 9.80 Å². The molecule has 1 saturated heterocycles. The number of H-pyrrole nitrogens is 1. The Morgan fingerprint density at radius 2 is 1.56 bits per heavy atom. The van der Waals surface area contributed by atoms with Crippen LogP contribution in [0.25, 0.3) is 11.4 Å². The van der Waals surface area contributed by atoms with E-state index in [9.17, 15) is 22.8 Å². The smallest absolute Gasteiger partial charge is 0.338 e. The molecule has 1 fully saturated rings. The number of aromatic amines is 1. The molecule has 1 aromatic heterocycles. The molecule has 2 amide bonds. The van der Waals surface area contributed by atoms with Gasteiger partial charge >= 0.3 is 6.18 Å². The first-order valence-corrected chi connectivity index (χ1v) is 11.0. The zero-order chi connectivity index (χ0) is 24.5. The SMILES string of the molecule is Cc1ccc(-c2n[nH]c(=S)n2CC(=O)N2CCN(C(=O)c3ccc(C(F)(F)F)cc3)CC2)cc1. The Balaban J connectivity index is 1.38. The number of rotatable bonds is 4. The predicted molar refractivity (Wildman–Crippen MR) is 122 cm³/mol. The maximum absolute atomic E-state index is 12.9. The molecule has 0 unspecified atom stereocenters. The van der Waals surface area contributed by atoms with Crippen LogP contribution in [0, 0.1) is 11.7 Å². The van der Waals surface area contributed by atoms with E-state index in [-0.39, 0.29) is 37.0 Å². The normalized spacial score (nSPS) is 14.4. The van der Waals surface area contributed by atoms with Crippen LogP contribution in [0.5, 0.6) is 0 Å². The van der Waals surface area contributed by atoms with Gasteiger partial charge in [-0.3, -0.25) is 19.3 Å². The van der Waals surface area contributed by atoms with Crippen LogP contribution in [0.4, 0.5) is 13.2 Å². The van der Waals surface area contributed by atoms with Gasteiger partial charge in [-0.2, -0.15) is 18.3 Å². The highest BCUT2D eigenvalue weighted by atomic mass is 32.1. The molecule has 0 bridgehead atoms. The quantitative estimate of drug-likeness (QED) is 0.564. The summed E-state index contributed by atoms with van der Waals surface area (Å²) in [6.07, 6.45) is -4.45. The highest BCUT2D eigenvalue weighted by molar-refractivity contribution is 7.71. The Bertz CT molecular complexity index is 1240. The van der Waals surface area contributed by atoms with Crippen LogP contribution in [0.1, 0.15) is 21.5 Å². The van der Waals surface area contributed by atoms with Gasteiger partial charge in [0.15, 0.2) is 10.6 Å². The monoisotopic (exact) mass is 489 g/mol. The number of aromatic nitrogens is 3. The van der Waals surface area contributed by atoms with E-state index in [0.717, 1.165) is 23.3 Å². The third kappa shape index (κ3) is 5.04. The van der Waals surface area contributed by atoms with Gasteiger partial charge in [0, 0.05) is 37.3 Å². The minimum Gasteiger partial charge on any atom is -0.338 e. The number of aryl methyl sites for hydroxylation is 1.